The molecule has 1 unspecified atom stereocenters. The topological polar surface area (TPSA) is 85.4 Å². The van der Waals surface area contributed by atoms with Gasteiger partial charge in [-0.15, -0.1) is 0 Å². The van der Waals surface area contributed by atoms with Crippen molar-refractivity contribution in [2.24, 2.45) is 7.05 Å². The lowest BCUT2D eigenvalue weighted by atomic mass is 10.1. The number of hydrogen-bond donors (Lipinski definition) is 1. The molecule has 1 saturated heterocycles. The Balaban J connectivity index is 1.68. The van der Waals surface area contributed by atoms with E-state index in [9.17, 15) is 4.79 Å². The molecule has 1 aliphatic heterocycles. The van der Waals surface area contributed by atoms with Gasteiger partial charge in [0.2, 0.25) is 0 Å². The molecule has 2 aromatic heterocycles. The first-order chi connectivity index (χ1) is 14.1. The van der Waals surface area contributed by atoms with Gasteiger partial charge in [0, 0.05) is 37.5 Å². The van der Waals surface area contributed by atoms with Crippen molar-refractivity contribution < 1.29 is 14.1 Å². The molecular formula is C21H25N5O3. The largest absolute Gasteiger partial charge is 0.497 e. The zero-order valence-electron chi connectivity index (χ0n) is 16.9. The smallest absolute Gasteiger partial charge is 0.259 e. The van der Waals surface area contributed by atoms with Gasteiger partial charge in [-0.3, -0.25) is 9.48 Å². The first-order valence-electron chi connectivity index (χ1n) is 9.75. The first-order valence-corrected chi connectivity index (χ1v) is 9.75. The number of aryl methyl sites for hydroxylation is 1. The number of hydrogen-bond acceptors (Lipinski definition) is 6. The van der Waals surface area contributed by atoms with Gasteiger partial charge in [0.1, 0.15) is 11.3 Å². The highest BCUT2D eigenvalue weighted by molar-refractivity contribution is 6.04. The van der Waals surface area contributed by atoms with Gasteiger partial charge in [0.05, 0.1) is 19.3 Å². The number of rotatable bonds is 6. The van der Waals surface area contributed by atoms with Gasteiger partial charge >= 0.3 is 0 Å². The van der Waals surface area contributed by atoms with Crippen LogP contribution in [0.4, 0.5) is 5.82 Å². The van der Waals surface area contributed by atoms with Crippen LogP contribution in [0, 0.1) is 0 Å². The quantitative estimate of drug-likeness (QED) is 0.690. The summed E-state index contributed by atoms with van der Waals surface area (Å²) in [5.41, 5.74) is 2.18. The minimum absolute atomic E-state index is 0.193. The number of carbonyl (C=O) groups excluding carboxylic acids is 1. The summed E-state index contributed by atoms with van der Waals surface area (Å²) in [6, 6.07) is 7.23. The molecule has 4 rings (SSSR count). The highest BCUT2D eigenvalue weighted by Gasteiger charge is 2.30. The number of nitrogens with zero attached hydrogens (tertiary/aromatic N) is 4. The second kappa shape index (κ2) is 7.98. The SMILES string of the molecule is COc1ccc(-c2onc(N3CCCC3)c2C(=O)NC(C)c2cnn(C)c2)cc1. The van der Waals surface area contributed by atoms with Crippen LogP contribution in [0.2, 0.25) is 0 Å². The standard InChI is InChI=1S/C21H25N5O3/c1-14(16-12-22-25(2)13-16)23-21(27)18-19(15-6-8-17(28-3)9-7-15)29-24-20(18)26-10-4-5-11-26/h6-9,12-14H,4-5,10-11H2,1-3H3,(H,23,27). The van der Waals surface area contributed by atoms with Gasteiger partial charge in [0.25, 0.3) is 5.91 Å². The molecule has 1 aromatic carbocycles. The van der Waals surface area contributed by atoms with Gasteiger partial charge in [-0.05, 0) is 44.0 Å². The molecule has 1 N–H and O–H groups in total. The third-order valence-electron chi connectivity index (χ3n) is 5.23. The molecule has 1 aliphatic rings. The molecule has 8 heteroatoms. The molecule has 0 spiro atoms. The fourth-order valence-electron chi connectivity index (χ4n) is 3.59. The number of amides is 1. The zero-order valence-corrected chi connectivity index (χ0v) is 16.9. The van der Waals surface area contributed by atoms with Crippen LogP contribution < -0.4 is 15.0 Å². The van der Waals surface area contributed by atoms with E-state index in [1.165, 1.54) is 0 Å². The van der Waals surface area contributed by atoms with E-state index < -0.39 is 0 Å². The number of anilines is 1. The highest BCUT2D eigenvalue weighted by Crippen LogP contribution is 2.34. The van der Waals surface area contributed by atoms with E-state index >= 15 is 0 Å². The molecule has 0 saturated carbocycles. The summed E-state index contributed by atoms with van der Waals surface area (Å²) in [6.07, 6.45) is 5.81. The van der Waals surface area contributed by atoms with E-state index in [1.807, 2.05) is 44.4 Å². The number of carbonyl (C=O) groups is 1. The number of nitrogens with one attached hydrogen (secondary N) is 1. The summed E-state index contributed by atoms with van der Waals surface area (Å²) >= 11 is 0. The maximum absolute atomic E-state index is 13.3. The molecule has 1 fully saturated rings. The maximum atomic E-state index is 13.3. The molecule has 152 valence electrons. The predicted octanol–water partition coefficient (Wildman–Crippen LogP) is 3.17. The van der Waals surface area contributed by atoms with Gasteiger partial charge < -0.3 is 19.5 Å². The molecular weight excluding hydrogens is 370 g/mol. The van der Waals surface area contributed by atoms with E-state index in [0.29, 0.717) is 17.1 Å². The summed E-state index contributed by atoms with van der Waals surface area (Å²) in [5, 5.41) is 11.5. The van der Waals surface area contributed by atoms with Crippen molar-refractivity contribution in [1.82, 2.24) is 20.3 Å². The minimum Gasteiger partial charge on any atom is -0.497 e. The Bertz CT molecular complexity index is 986. The van der Waals surface area contributed by atoms with E-state index in [2.05, 4.69) is 20.5 Å². The number of ether oxygens (including phenoxy) is 1. The fourth-order valence-corrected chi connectivity index (χ4v) is 3.59. The van der Waals surface area contributed by atoms with Gasteiger partial charge in [-0.25, -0.2) is 0 Å². The predicted molar refractivity (Wildman–Crippen MR) is 109 cm³/mol. The Morgan fingerprint density at radius 2 is 1.97 bits per heavy atom. The van der Waals surface area contributed by atoms with E-state index in [1.54, 1.807) is 18.0 Å². The molecule has 29 heavy (non-hydrogen) atoms. The minimum atomic E-state index is -0.213. The Labute approximate surface area is 169 Å². The van der Waals surface area contributed by atoms with Crippen LogP contribution in [0.5, 0.6) is 5.75 Å². The number of methoxy groups -OCH3 is 1. The van der Waals surface area contributed by atoms with Crippen molar-refractivity contribution in [3.05, 3.63) is 47.8 Å². The molecule has 8 nitrogen and oxygen atoms in total. The van der Waals surface area contributed by atoms with Crippen molar-refractivity contribution >= 4 is 11.7 Å². The lowest BCUT2D eigenvalue weighted by Crippen LogP contribution is -2.29. The molecule has 0 bridgehead atoms. The van der Waals surface area contributed by atoms with Gasteiger partial charge in [-0.2, -0.15) is 5.10 Å². The van der Waals surface area contributed by atoms with Crippen molar-refractivity contribution in [1.29, 1.82) is 0 Å². The Kier molecular flexibility index (Phi) is 5.24. The number of aromatic nitrogens is 3. The fraction of sp³-hybridized carbons (Fsp3) is 0.381. The van der Waals surface area contributed by atoms with Crippen molar-refractivity contribution in [2.75, 3.05) is 25.1 Å². The molecule has 0 aliphatic carbocycles. The van der Waals surface area contributed by atoms with Crippen molar-refractivity contribution in [2.45, 2.75) is 25.8 Å². The average Bonchev–Trinajstić information content (AvgIpc) is 3.47. The average molecular weight is 395 g/mol. The van der Waals surface area contributed by atoms with Crippen LogP contribution in [0.25, 0.3) is 11.3 Å². The lowest BCUT2D eigenvalue weighted by molar-refractivity contribution is 0.0940. The highest BCUT2D eigenvalue weighted by atomic mass is 16.5. The summed E-state index contributed by atoms with van der Waals surface area (Å²) in [5.74, 6) is 1.59. The molecule has 3 aromatic rings. The second-order valence-corrected chi connectivity index (χ2v) is 7.28. The summed E-state index contributed by atoms with van der Waals surface area (Å²) in [4.78, 5) is 15.4. The van der Waals surface area contributed by atoms with Crippen molar-refractivity contribution in [3.63, 3.8) is 0 Å². The summed E-state index contributed by atoms with van der Waals surface area (Å²) in [7, 11) is 3.47. The Morgan fingerprint density at radius 1 is 1.24 bits per heavy atom. The van der Waals surface area contributed by atoms with Gasteiger partial charge in [-0.1, -0.05) is 5.16 Å². The van der Waals surface area contributed by atoms with E-state index in [-0.39, 0.29) is 11.9 Å². The van der Waals surface area contributed by atoms with Crippen LogP contribution in [0.15, 0.2) is 41.2 Å². The number of benzene rings is 1. The van der Waals surface area contributed by atoms with Crippen molar-refractivity contribution in [3.8, 4) is 17.1 Å². The van der Waals surface area contributed by atoms with Gasteiger partial charge in [0.15, 0.2) is 11.6 Å². The lowest BCUT2D eigenvalue weighted by Gasteiger charge is -2.17. The third-order valence-corrected chi connectivity index (χ3v) is 5.23. The summed E-state index contributed by atoms with van der Waals surface area (Å²) < 4.78 is 12.6. The third kappa shape index (κ3) is 3.83. The van der Waals surface area contributed by atoms with E-state index in [0.717, 1.165) is 42.8 Å². The molecule has 3 heterocycles. The monoisotopic (exact) mass is 395 g/mol. The molecule has 0 radical (unpaired) electrons. The maximum Gasteiger partial charge on any atom is 0.259 e. The zero-order chi connectivity index (χ0) is 20.4. The van der Waals surface area contributed by atoms with Crippen LogP contribution in [-0.2, 0) is 7.05 Å². The normalized spacial score (nSPS) is 14.8. The Morgan fingerprint density at radius 3 is 2.59 bits per heavy atom. The second-order valence-electron chi connectivity index (χ2n) is 7.28. The van der Waals surface area contributed by atoms with Crippen LogP contribution in [-0.4, -0.2) is 41.0 Å². The van der Waals surface area contributed by atoms with E-state index in [4.69, 9.17) is 9.26 Å². The summed E-state index contributed by atoms with van der Waals surface area (Å²) in [6.45, 7) is 3.67. The van der Waals surface area contributed by atoms with Crippen LogP contribution in [0.1, 0.15) is 41.7 Å². The van der Waals surface area contributed by atoms with Crippen LogP contribution >= 0.6 is 0 Å². The molecule has 1 atom stereocenters. The van der Waals surface area contributed by atoms with Crippen LogP contribution in [0.3, 0.4) is 0 Å². The Hall–Kier alpha value is -3.29. The first kappa shape index (κ1) is 19.0. The molecule has 1 amide bonds.